The molecule has 3 heteroatoms. The van der Waals surface area contributed by atoms with E-state index in [2.05, 4.69) is 26.0 Å². The summed E-state index contributed by atoms with van der Waals surface area (Å²) < 4.78 is 6.22. The van der Waals surface area contributed by atoms with Crippen LogP contribution in [-0.2, 0) is 13.0 Å². The maximum absolute atomic E-state index is 13.4. The zero-order chi connectivity index (χ0) is 21.0. The molecule has 30 heavy (non-hydrogen) atoms. The van der Waals surface area contributed by atoms with Crippen LogP contribution in [0.1, 0.15) is 74.0 Å². The maximum Gasteiger partial charge on any atom is 0.169 e. The Kier molecular flexibility index (Phi) is 6.17. The van der Waals surface area contributed by atoms with Crippen molar-refractivity contribution in [1.29, 1.82) is 0 Å². The normalized spacial score (nSPS) is 14.8. The first-order valence-electron chi connectivity index (χ1n) is 11.3. The van der Waals surface area contributed by atoms with Crippen molar-refractivity contribution in [3.05, 3.63) is 71.4 Å². The number of rotatable bonds is 9. The second-order valence-corrected chi connectivity index (χ2v) is 8.56. The van der Waals surface area contributed by atoms with Crippen LogP contribution in [-0.4, -0.2) is 10.8 Å². The van der Waals surface area contributed by atoms with Crippen LogP contribution in [0.2, 0.25) is 0 Å². The molecule has 0 saturated heterocycles. The fraction of sp³-hybridized carbons (Fsp3) is 0.407. The number of nitrogens with zero attached hydrogens (tertiary/aromatic N) is 1. The Bertz CT molecular complexity index is 1030. The molecule has 3 aromatic rings. The van der Waals surface area contributed by atoms with Crippen LogP contribution in [0.25, 0.3) is 10.9 Å². The highest BCUT2D eigenvalue weighted by atomic mass is 16.5. The molecule has 0 N–H and O–H groups in total. The number of aromatic nitrogens is 1. The first kappa shape index (κ1) is 20.6. The summed E-state index contributed by atoms with van der Waals surface area (Å²) in [5.41, 5.74) is 3.60. The van der Waals surface area contributed by atoms with Crippen molar-refractivity contribution in [2.75, 3.05) is 0 Å². The van der Waals surface area contributed by atoms with Crippen LogP contribution in [0, 0.1) is 5.41 Å². The monoisotopic (exact) mass is 401 g/mol. The van der Waals surface area contributed by atoms with Crippen molar-refractivity contribution in [3.63, 3.8) is 0 Å². The third kappa shape index (κ3) is 3.98. The number of benzene rings is 2. The zero-order valence-electron chi connectivity index (χ0n) is 18.1. The van der Waals surface area contributed by atoms with E-state index in [1.807, 2.05) is 42.5 Å². The lowest BCUT2D eigenvalue weighted by molar-refractivity contribution is 0.0779. The van der Waals surface area contributed by atoms with Crippen LogP contribution in [0.4, 0.5) is 0 Å². The molecule has 0 radical (unpaired) electrons. The molecule has 1 aliphatic carbocycles. The Morgan fingerprint density at radius 2 is 1.70 bits per heavy atom. The molecule has 0 atom stereocenters. The lowest BCUT2D eigenvalue weighted by Crippen LogP contribution is -2.28. The van der Waals surface area contributed by atoms with Gasteiger partial charge < -0.3 is 4.74 Å². The molecule has 1 aromatic heterocycles. The summed E-state index contributed by atoms with van der Waals surface area (Å²) in [7, 11) is 0. The third-order valence-electron chi connectivity index (χ3n) is 6.42. The minimum absolute atomic E-state index is 0.241. The molecule has 2 aromatic carbocycles. The maximum atomic E-state index is 13.4. The highest BCUT2D eigenvalue weighted by Crippen LogP contribution is 2.47. The van der Waals surface area contributed by atoms with Gasteiger partial charge >= 0.3 is 0 Å². The van der Waals surface area contributed by atoms with E-state index in [4.69, 9.17) is 9.72 Å². The zero-order valence-corrected chi connectivity index (χ0v) is 18.1. The van der Waals surface area contributed by atoms with Gasteiger partial charge in [-0.15, -0.1) is 0 Å². The van der Waals surface area contributed by atoms with Crippen LogP contribution in [0.3, 0.4) is 0 Å². The summed E-state index contributed by atoms with van der Waals surface area (Å²) in [6.45, 7) is 4.81. The van der Waals surface area contributed by atoms with E-state index < -0.39 is 0 Å². The summed E-state index contributed by atoms with van der Waals surface area (Å²) in [5.74, 6) is 1.17. The van der Waals surface area contributed by atoms with E-state index in [0.717, 1.165) is 78.4 Å². The average Bonchev–Trinajstić information content (AvgIpc) is 3.07. The predicted molar refractivity (Wildman–Crippen MR) is 122 cm³/mol. The van der Waals surface area contributed by atoms with Gasteiger partial charge in [-0.2, -0.15) is 0 Å². The van der Waals surface area contributed by atoms with Gasteiger partial charge in [-0.3, -0.25) is 4.79 Å². The number of carbonyl (C=O) groups excluding carboxylic acids is 1. The number of para-hydroxylation sites is 1. The van der Waals surface area contributed by atoms with E-state index in [-0.39, 0.29) is 5.41 Å². The number of pyridine rings is 1. The molecule has 1 aliphatic rings. The summed E-state index contributed by atoms with van der Waals surface area (Å²) in [6, 6.07) is 18.2. The van der Waals surface area contributed by atoms with Gasteiger partial charge in [0.2, 0.25) is 0 Å². The third-order valence-corrected chi connectivity index (χ3v) is 6.42. The second-order valence-electron chi connectivity index (χ2n) is 8.56. The number of hydrogen-bond acceptors (Lipinski definition) is 3. The SMILES string of the molecule is CCCCC1(CCCC)Cc2c(OCc3ccc4ccccc4n3)cccc2C1=O. The van der Waals surface area contributed by atoms with E-state index >= 15 is 0 Å². The van der Waals surface area contributed by atoms with E-state index in [9.17, 15) is 4.79 Å². The molecule has 1 heterocycles. The summed E-state index contributed by atoms with van der Waals surface area (Å²) in [6.07, 6.45) is 7.19. The number of fused-ring (bicyclic) bond motifs is 2. The molecule has 0 unspecified atom stereocenters. The Balaban J connectivity index is 1.56. The number of Topliss-reactive ketones (excluding diaryl/α,β-unsaturated/α-hetero) is 1. The first-order chi connectivity index (χ1) is 14.7. The fourth-order valence-corrected chi connectivity index (χ4v) is 4.70. The topological polar surface area (TPSA) is 39.2 Å². The molecule has 156 valence electrons. The molecule has 0 bridgehead atoms. The Morgan fingerprint density at radius 1 is 0.933 bits per heavy atom. The molecule has 0 spiro atoms. The number of ether oxygens (including phenoxy) is 1. The highest BCUT2D eigenvalue weighted by Gasteiger charge is 2.45. The van der Waals surface area contributed by atoms with E-state index in [1.165, 1.54) is 0 Å². The van der Waals surface area contributed by atoms with Crippen LogP contribution in [0.15, 0.2) is 54.6 Å². The molecule has 0 fully saturated rings. The average molecular weight is 402 g/mol. The van der Waals surface area contributed by atoms with Gasteiger partial charge in [0.15, 0.2) is 5.78 Å². The largest absolute Gasteiger partial charge is 0.487 e. The van der Waals surface area contributed by atoms with E-state index in [1.54, 1.807) is 0 Å². The molecular weight excluding hydrogens is 370 g/mol. The lowest BCUT2D eigenvalue weighted by Gasteiger charge is -2.27. The first-order valence-corrected chi connectivity index (χ1v) is 11.3. The Morgan fingerprint density at radius 3 is 2.47 bits per heavy atom. The number of carbonyl (C=O) groups is 1. The van der Waals surface area contributed by atoms with Gasteiger partial charge in [0, 0.05) is 21.9 Å². The van der Waals surface area contributed by atoms with Crippen molar-refractivity contribution in [2.45, 2.75) is 65.4 Å². The summed E-state index contributed by atoms with van der Waals surface area (Å²) >= 11 is 0. The molecule has 3 nitrogen and oxygen atoms in total. The lowest BCUT2D eigenvalue weighted by atomic mass is 9.75. The van der Waals surface area contributed by atoms with Crippen LogP contribution in [0.5, 0.6) is 5.75 Å². The molecule has 0 saturated carbocycles. The number of hydrogen-bond donors (Lipinski definition) is 0. The van der Waals surface area contributed by atoms with Crippen molar-refractivity contribution in [1.82, 2.24) is 4.98 Å². The van der Waals surface area contributed by atoms with E-state index in [0.29, 0.717) is 12.4 Å². The highest BCUT2D eigenvalue weighted by molar-refractivity contribution is 6.05. The van der Waals surface area contributed by atoms with Gasteiger partial charge in [0.25, 0.3) is 0 Å². The number of ketones is 1. The summed E-state index contributed by atoms with van der Waals surface area (Å²) in [5, 5.41) is 1.13. The molecule has 4 rings (SSSR count). The van der Waals surface area contributed by atoms with Gasteiger partial charge in [-0.1, -0.05) is 75.9 Å². The van der Waals surface area contributed by atoms with Crippen LogP contribution < -0.4 is 4.74 Å². The Labute approximate surface area is 179 Å². The van der Waals surface area contributed by atoms with Crippen molar-refractivity contribution < 1.29 is 9.53 Å². The second kappa shape index (κ2) is 8.99. The molecular formula is C27H31NO2. The standard InChI is InChI=1S/C27H31NO2/c1-3-5-16-27(17-6-4-2)18-23-22(26(27)29)11-9-13-25(23)30-19-21-15-14-20-10-7-8-12-24(20)28-21/h7-15H,3-6,16-19H2,1-2H3. The van der Waals surface area contributed by atoms with Gasteiger partial charge in [0.05, 0.1) is 11.2 Å². The number of unbranched alkanes of at least 4 members (excludes halogenated alkanes) is 2. The predicted octanol–water partition coefficient (Wildman–Crippen LogP) is 6.92. The fourth-order valence-electron chi connectivity index (χ4n) is 4.70. The minimum atomic E-state index is -0.241. The van der Waals surface area contributed by atoms with Gasteiger partial charge in [-0.25, -0.2) is 4.98 Å². The minimum Gasteiger partial charge on any atom is -0.487 e. The summed E-state index contributed by atoms with van der Waals surface area (Å²) in [4.78, 5) is 18.2. The molecule has 0 amide bonds. The quantitative estimate of drug-likeness (QED) is 0.391. The Hall–Kier alpha value is -2.68. The van der Waals surface area contributed by atoms with Crippen molar-refractivity contribution in [3.8, 4) is 5.75 Å². The van der Waals surface area contributed by atoms with Crippen LogP contribution >= 0.6 is 0 Å². The van der Waals surface area contributed by atoms with Gasteiger partial charge in [-0.05, 0) is 37.5 Å². The molecule has 0 aliphatic heterocycles. The van der Waals surface area contributed by atoms with Crippen molar-refractivity contribution >= 4 is 16.7 Å². The smallest absolute Gasteiger partial charge is 0.169 e. The van der Waals surface area contributed by atoms with Gasteiger partial charge in [0.1, 0.15) is 12.4 Å². The van der Waals surface area contributed by atoms with Crippen molar-refractivity contribution in [2.24, 2.45) is 5.41 Å².